The number of carbonyl (C=O) groups is 1. The van der Waals surface area contributed by atoms with Gasteiger partial charge in [0.15, 0.2) is 0 Å². The zero-order chi connectivity index (χ0) is 12.8. The van der Waals surface area contributed by atoms with Gasteiger partial charge in [0.2, 0.25) is 0 Å². The zero-order valence-electron chi connectivity index (χ0n) is 10.2. The van der Waals surface area contributed by atoms with Crippen molar-refractivity contribution in [3.63, 3.8) is 0 Å². The zero-order valence-corrected chi connectivity index (χ0v) is 10.2. The molecular formula is C12H18N2O3. The fourth-order valence-electron chi connectivity index (χ4n) is 1.56. The van der Waals surface area contributed by atoms with E-state index in [0.29, 0.717) is 19.6 Å². The first-order valence-electron chi connectivity index (χ1n) is 5.57. The highest BCUT2D eigenvalue weighted by molar-refractivity contribution is 5.69. The molecule has 0 fully saturated rings. The molecule has 1 aromatic heterocycles. The van der Waals surface area contributed by atoms with Crippen molar-refractivity contribution in [2.75, 3.05) is 20.1 Å². The van der Waals surface area contributed by atoms with E-state index in [9.17, 15) is 9.59 Å². The first-order chi connectivity index (χ1) is 8.00. The average Bonchev–Trinajstić information content (AvgIpc) is 2.27. The Morgan fingerprint density at radius 3 is 2.82 bits per heavy atom. The second-order valence-electron chi connectivity index (χ2n) is 4.23. The molecule has 0 aliphatic heterocycles. The van der Waals surface area contributed by atoms with Gasteiger partial charge in [-0.1, -0.05) is 13.0 Å². The summed E-state index contributed by atoms with van der Waals surface area (Å²) >= 11 is 0. The second-order valence-corrected chi connectivity index (χ2v) is 4.23. The highest BCUT2D eigenvalue weighted by atomic mass is 16.4. The highest BCUT2D eigenvalue weighted by Gasteiger charge is 2.13. The average molecular weight is 238 g/mol. The molecule has 0 amide bonds. The molecule has 17 heavy (non-hydrogen) atoms. The SMILES string of the molecule is CC(CN(C)CCn1ccccc1=O)C(=O)O. The maximum Gasteiger partial charge on any atom is 0.307 e. The summed E-state index contributed by atoms with van der Waals surface area (Å²) in [5.41, 5.74) is -0.0350. The van der Waals surface area contributed by atoms with Gasteiger partial charge in [-0.05, 0) is 13.1 Å². The van der Waals surface area contributed by atoms with Gasteiger partial charge in [-0.2, -0.15) is 0 Å². The summed E-state index contributed by atoms with van der Waals surface area (Å²) in [6.07, 6.45) is 1.73. The number of carboxylic acid groups (broad SMARTS) is 1. The summed E-state index contributed by atoms with van der Waals surface area (Å²) in [7, 11) is 1.85. The monoisotopic (exact) mass is 238 g/mol. The molecule has 0 saturated carbocycles. The van der Waals surface area contributed by atoms with Crippen LogP contribution >= 0.6 is 0 Å². The number of likely N-dealkylation sites (N-methyl/N-ethyl adjacent to an activating group) is 1. The summed E-state index contributed by atoms with van der Waals surface area (Å²) in [6, 6.07) is 5.02. The highest BCUT2D eigenvalue weighted by Crippen LogP contribution is 1.98. The molecule has 5 nitrogen and oxygen atoms in total. The molecule has 1 aromatic rings. The van der Waals surface area contributed by atoms with Crippen molar-refractivity contribution >= 4 is 5.97 Å². The van der Waals surface area contributed by atoms with Crippen LogP contribution in [-0.2, 0) is 11.3 Å². The standard InChI is InChI=1S/C12H18N2O3/c1-10(12(16)17)9-13(2)7-8-14-6-4-3-5-11(14)15/h3-6,10H,7-9H2,1-2H3,(H,16,17). The van der Waals surface area contributed by atoms with Gasteiger partial charge < -0.3 is 14.6 Å². The van der Waals surface area contributed by atoms with Crippen molar-refractivity contribution in [2.45, 2.75) is 13.5 Å². The fourth-order valence-corrected chi connectivity index (χ4v) is 1.56. The van der Waals surface area contributed by atoms with Crippen molar-refractivity contribution in [1.29, 1.82) is 0 Å². The lowest BCUT2D eigenvalue weighted by Gasteiger charge is -2.19. The Kier molecular flexibility index (Phi) is 4.90. The van der Waals surface area contributed by atoms with Gasteiger partial charge in [-0.15, -0.1) is 0 Å². The largest absolute Gasteiger partial charge is 0.481 e. The van der Waals surface area contributed by atoms with Gasteiger partial charge in [0.05, 0.1) is 5.92 Å². The summed E-state index contributed by atoms with van der Waals surface area (Å²) in [6.45, 7) is 3.38. The molecule has 1 atom stereocenters. The Morgan fingerprint density at radius 1 is 1.53 bits per heavy atom. The van der Waals surface area contributed by atoms with E-state index in [2.05, 4.69) is 0 Å². The lowest BCUT2D eigenvalue weighted by atomic mass is 10.2. The number of carboxylic acids is 1. The maximum absolute atomic E-state index is 11.4. The topological polar surface area (TPSA) is 62.5 Å². The van der Waals surface area contributed by atoms with Gasteiger partial charge in [0.25, 0.3) is 5.56 Å². The summed E-state index contributed by atoms with van der Waals surface area (Å²) in [5, 5.41) is 8.78. The molecule has 1 N–H and O–H groups in total. The minimum Gasteiger partial charge on any atom is -0.481 e. The number of hydrogen-bond acceptors (Lipinski definition) is 3. The number of aromatic nitrogens is 1. The number of hydrogen-bond donors (Lipinski definition) is 1. The van der Waals surface area contributed by atoms with Crippen LogP contribution in [0.3, 0.4) is 0 Å². The second kappa shape index (κ2) is 6.20. The van der Waals surface area contributed by atoms with Crippen molar-refractivity contribution in [3.05, 3.63) is 34.7 Å². The normalized spacial score (nSPS) is 12.6. The van der Waals surface area contributed by atoms with Crippen LogP contribution in [-0.4, -0.2) is 40.7 Å². The minimum absolute atomic E-state index is 0.0350. The van der Waals surface area contributed by atoms with E-state index in [1.54, 1.807) is 29.8 Å². The number of aliphatic carboxylic acids is 1. The Bertz CT molecular complexity index is 428. The Balaban J connectivity index is 2.44. The summed E-state index contributed by atoms with van der Waals surface area (Å²) in [4.78, 5) is 24.0. The smallest absolute Gasteiger partial charge is 0.307 e. The third-order valence-electron chi connectivity index (χ3n) is 2.63. The van der Waals surface area contributed by atoms with E-state index in [0.717, 1.165) is 0 Å². The van der Waals surface area contributed by atoms with Gasteiger partial charge in [0.1, 0.15) is 0 Å². The molecule has 5 heteroatoms. The van der Waals surface area contributed by atoms with Crippen LogP contribution in [0.4, 0.5) is 0 Å². The van der Waals surface area contributed by atoms with E-state index in [4.69, 9.17) is 5.11 Å². The van der Waals surface area contributed by atoms with Crippen LogP contribution in [0.15, 0.2) is 29.2 Å². The van der Waals surface area contributed by atoms with Crippen molar-refractivity contribution in [1.82, 2.24) is 9.47 Å². The van der Waals surface area contributed by atoms with Gasteiger partial charge in [-0.3, -0.25) is 9.59 Å². The molecule has 0 saturated heterocycles. The van der Waals surface area contributed by atoms with Crippen molar-refractivity contribution in [3.8, 4) is 0 Å². The van der Waals surface area contributed by atoms with Crippen LogP contribution in [0.5, 0.6) is 0 Å². The molecule has 94 valence electrons. The van der Waals surface area contributed by atoms with Gasteiger partial charge in [-0.25, -0.2) is 0 Å². The lowest BCUT2D eigenvalue weighted by molar-refractivity contribution is -0.141. The number of pyridine rings is 1. The maximum atomic E-state index is 11.4. The summed E-state index contributed by atoms with van der Waals surface area (Å²) < 4.78 is 1.61. The Morgan fingerprint density at radius 2 is 2.24 bits per heavy atom. The lowest BCUT2D eigenvalue weighted by Crippen LogP contribution is -2.32. The molecule has 0 radical (unpaired) electrons. The van der Waals surface area contributed by atoms with E-state index < -0.39 is 11.9 Å². The van der Waals surface area contributed by atoms with Crippen LogP contribution in [0.2, 0.25) is 0 Å². The Labute approximate surface area is 100 Å². The third-order valence-corrected chi connectivity index (χ3v) is 2.63. The van der Waals surface area contributed by atoms with Gasteiger partial charge in [0, 0.05) is 31.9 Å². The predicted molar refractivity (Wildman–Crippen MR) is 65.0 cm³/mol. The molecule has 1 rings (SSSR count). The van der Waals surface area contributed by atoms with Crippen LogP contribution in [0.1, 0.15) is 6.92 Å². The number of rotatable bonds is 6. The molecule has 0 spiro atoms. The minimum atomic E-state index is -0.797. The third kappa shape index (κ3) is 4.40. The van der Waals surface area contributed by atoms with E-state index in [1.807, 2.05) is 11.9 Å². The molecule has 0 aliphatic rings. The number of nitrogens with zero attached hydrogens (tertiary/aromatic N) is 2. The van der Waals surface area contributed by atoms with Gasteiger partial charge >= 0.3 is 5.97 Å². The molecule has 0 aromatic carbocycles. The first-order valence-corrected chi connectivity index (χ1v) is 5.57. The van der Waals surface area contributed by atoms with Crippen LogP contribution < -0.4 is 5.56 Å². The fraction of sp³-hybridized carbons (Fsp3) is 0.500. The van der Waals surface area contributed by atoms with E-state index in [-0.39, 0.29) is 5.56 Å². The van der Waals surface area contributed by atoms with Crippen molar-refractivity contribution in [2.24, 2.45) is 5.92 Å². The van der Waals surface area contributed by atoms with E-state index >= 15 is 0 Å². The van der Waals surface area contributed by atoms with Crippen LogP contribution in [0.25, 0.3) is 0 Å². The molecular weight excluding hydrogens is 220 g/mol. The molecule has 1 heterocycles. The quantitative estimate of drug-likeness (QED) is 0.784. The van der Waals surface area contributed by atoms with Crippen molar-refractivity contribution < 1.29 is 9.90 Å². The molecule has 0 bridgehead atoms. The molecule has 0 aliphatic carbocycles. The summed E-state index contributed by atoms with van der Waals surface area (Å²) in [5.74, 6) is -1.19. The molecule has 1 unspecified atom stereocenters. The predicted octanol–water partition coefficient (Wildman–Crippen LogP) is 0.501. The first kappa shape index (κ1) is 13.4. The van der Waals surface area contributed by atoms with E-state index in [1.165, 1.54) is 6.07 Å². The van der Waals surface area contributed by atoms with Crippen LogP contribution in [0, 0.1) is 5.92 Å². The Hall–Kier alpha value is -1.62.